The lowest BCUT2D eigenvalue weighted by atomic mass is 9.94. The van der Waals surface area contributed by atoms with Crippen molar-refractivity contribution in [2.75, 3.05) is 33.4 Å². The van der Waals surface area contributed by atoms with Crippen molar-refractivity contribution in [3.05, 3.63) is 34.9 Å². The molecule has 0 unspecified atom stereocenters. The number of nitrogens with one attached hydrogen (secondary N) is 1. The number of ether oxygens (including phenoxy) is 1. The summed E-state index contributed by atoms with van der Waals surface area (Å²) in [6.45, 7) is 1.94. The van der Waals surface area contributed by atoms with Gasteiger partial charge in [-0.25, -0.2) is 4.79 Å². The molecule has 0 saturated carbocycles. The molecule has 1 fully saturated rings. The number of rotatable bonds is 5. The van der Waals surface area contributed by atoms with Crippen molar-refractivity contribution in [1.82, 2.24) is 10.2 Å². The molecule has 1 aliphatic heterocycles. The maximum absolute atomic E-state index is 12.1. The Labute approximate surface area is 136 Å². The summed E-state index contributed by atoms with van der Waals surface area (Å²) in [5.41, 5.74) is 0.246. The fraction of sp³-hybridized carbons (Fsp3) is 0.562. The van der Waals surface area contributed by atoms with Gasteiger partial charge in [-0.15, -0.1) is 0 Å². The Morgan fingerprint density at radius 3 is 2.86 bits per heavy atom. The molecule has 0 bridgehead atoms. The normalized spacial score (nSPS) is 17.0. The highest BCUT2D eigenvalue weighted by atomic mass is 35.5. The molecule has 0 spiro atoms. The standard InChI is InChI=1S/C16H23ClN2O3/c1-19(12-16(21)6-9-22-10-7-16)15(20)18-8-5-13-3-2-4-14(17)11-13/h2-4,11,21H,5-10,12H2,1H3,(H,18,20). The lowest BCUT2D eigenvalue weighted by molar-refractivity contribution is -0.0722. The molecule has 1 saturated heterocycles. The zero-order valence-corrected chi connectivity index (χ0v) is 13.6. The van der Waals surface area contributed by atoms with E-state index in [4.69, 9.17) is 16.3 Å². The van der Waals surface area contributed by atoms with Gasteiger partial charge in [-0.3, -0.25) is 0 Å². The third-order valence-corrected chi connectivity index (χ3v) is 4.12. The van der Waals surface area contributed by atoms with Crippen LogP contribution < -0.4 is 5.32 Å². The van der Waals surface area contributed by atoms with Crippen LogP contribution in [0.2, 0.25) is 5.02 Å². The van der Waals surface area contributed by atoms with Crippen LogP contribution in [0.5, 0.6) is 0 Å². The van der Waals surface area contributed by atoms with Crippen molar-refractivity contribution < 1.29 is 14.6 Å². The first-order valence-corrected chi connectivity index (χ1v) is 7.90. The predicted molar refractivity (Wildman–Crippen MR) is 86.2 cm³/mol. The molecular weight excluding hydrogens is 304 g/mol. The monoisotopic (exact) mass is 326 g/mol. The minimum atomic E-state index is -0.836. The molecule has 1 aromatic carbocycles. The van der Waals surface area contributed by atoms with Crippen LogP contribution in [0.1, 0.15) is 18.4 Å². The average molecular weight is 327 g/mol. The Morgan fingerprint density at radius 1 is 1.45 bits per heavy atom. The number of carbonyl (C=O) groups excluding carboxylic acids is 1. The third-order valence-electron chi connectivity index (χ3n) is 3.88. The van der Waals surface area contributed by atoms with E-state index in [1.807, 2.05) is 24.3 Å². The van der Waals surface area contributed by atoms with Crippen LogP contribution in [0.3, 0.4) is 0 Å². The molecule has 0 aromatic heterocycles. The Hall–Kier alpha value is -1.30. The first-order valence-electron chi connectivity index (χ1n) is 7.52. The molecule has 122 valence electrons. The van der Waals surface area contributed by atoms with Gasteiger partial charge < -0.3 is 20.1 Å². The smallest absolute Gasteiger partial charge is 0.317 e. The van der Waals surface area contributed by atoms with Crippen LogP contribution in [0.15, 0.2) is 24.3 Å². The van der Waals surface area contributed by atoms with Crippen molar-refractivity contribution in [2.24, 2.45) is 0 Å². The van der Waals surface area contributed by atoms with Crippen molar-refractivity contribution in [1.29, 1.82) is 0 Å². The number of nitrogens with zero attached hydrogens (tertiary/aromatic N) is 1. The molecule has 2 N–H and O–H groups in total. The first-order chi connectivity index (χ1) is 10.5. The molecule has 5 nitrogen and oxygen atoms in total. The Morgan fingerprint density at radius 2 is 2.18 bits per heavy atom. The van der Waals surface area contributed by atoms with Gasteiger partial charge in [0.15, 0.2) is 0 Å². The minimum Gasteiger partial charge on any atom is -0.388 e. The zero-order valence-electron chi connectivity index (χ0n) is 12.8. The number of carbonyl (C=O) groups is 1. The zero-order chi connectivity index (χ0) is 16.0. The van der Waals surface area contributed by atoms with Crippen LogP contribution >= 0.6 is 11.6 Å². The molecule has 0 radical (unpaired) electrons. The number of urea groups is 1. The molecule has 2 amide bonds. The van der Waals surface area contributed by atoms with E-state index in [0.717, 1.165) is 12.0 Å². The highest BCUT2D eigenvalue weighted by Gasteiger charge is 2.32. The summed E-state index contributed by atoms with van der Waals surface area (Å²) in [6, 6.07) is 7.41. The van der Waals surface area contributed by atoms with Crippen molar-refractivity contribution in [3.63, 3.8) is 0 Å². The topological polar surface area (TPSA) is 61.8 Å². The van der Waals surface area contributed by atoms with Gasteiger partial charge in [-0.2, -0.15) is 0 Å². The van der Waals surface area contributed by atoms with Crippen LogP contribution in [0.25, 0.3) is 0 Å². The summed E-state index contributed by atoms with van der Waals surface area (Å²) < 4.78 is 5.24. The second-order valence-corrected chi connectivity index (χ2v) is 6.24. The van der Waals surface area contributed by atoms with E-state index in [1.54, 1.807) is 7.05 Å². The van der Waals surface area contributed by atoms with Crippen LogP contribution in [-0.2, 0) is 11.2 Å². The largest absolute Gasteiger partial charge is 0.388 e. The number of halogens is 1. The first kappa shape index (κ1) is 17.1. The molecule has 1 aromatic rings. The van der Waals surface area contributed by atoms with Gasteiger partial charge in [-0.1, -0.05) is 23.7 Å². The van der Waals surface area contributed by atoms with Crippen LogP contribution in [0.4, 0.5) is 4.79 Å². The van der Waals surface area contributed by atoms with Gasteiger partial charge in [0.25, 0.3) is 0 Å². The number of amides is 2. The summed E-state index contributed by atoms with van der Waals surface area (Å²) in [4.78, 5) is 13.6. The highest BCUT2D eigenvalue weighted by Crippen LogP contribution is 2.21. The van der Waals surface area contributed by atoms with Crippen molar-refractivity contribution in [3.8, 4) is 0 Å². The van der Waals surface area contributed by atoms with E-state index in [2.05, 4.69) is 5.32 Å². The summed E-state index contributed by atoms with van der Waals surface area (Å²) >= 11 is 5.93. The SMILES string of the molecule is CN(CC1(O)CCOCC1)C(=O)NCCc1cccc(Cl)c1. The van der Waals surface area contributed by atoms with Gasteiger partial charge in [0.2, 0.25) is 0 Å². The second kappa shape index (κ2) is 7.81. The number of hydrogen-bond acceptors (Lipinski definition) is 3. The Bertz CT molecular complexity index is 504. The number of benzene rings is 1. The summed E-state index contributed by atoms with van der Waals surface area (Å²) in [5.74, 6) is 0. The number of hydrogen-bond donors (Lipinski definition) is 2. The number of likely N-dealkylation sites (N-methyl/N-ethyl adjacent to an activating group) is 1. The van der Waals surface area contributed by atoms with Crippen LogP contribution in [0, 0.1) is 0 Å². The summed E-state index contributed by atoms with van der Waals surface area (Å²) in [7, 11) is 1.70. The van der Waals surface area contributed by atoms with E-state index in [1.165, 1.54) is 4.90 Å². The lowest BCUT2D eigenvalue weighted by Gasteiger charge is -2.35. The third kappa shape index (κ3) is 5.16. The number of aliphatic hydroxyl groups is 1. The molecule has 0 atom stereocenters. The van der Waals surface area contributed by atoms with E-state index in [0.29, 0.717) is 44.2 Å². The Kier molecular flexibility index (Phi) is 6.06. The maximum Gasteiger partial charge on any atom is 0.317 e. The van der Waals surface area contributed by atoms with Gasteiger partial charge in [0.05, 0.1) is 12.1 Å². The van der Waals surface area contributed by atoms with Crippen molar-refractivity contribution >= 4 is 17.6 Å². The summed E-state index contributed by atoms with van der Waals surface area (Å²) in [6.07, 6.45) is 1.85. The van der Waals surface area contributed by atoms with Gasteiger partial charge in [0.1, 0.15) is 0 Å². The van der Waals surface area contributed by atoms with Crippen molar-refractivity contribution in [2.45, 2.75) is 24.9 Å². The fourth-order valence-corrected chi connectivity index (χ4v) is 2.78. The maximum atomic E-state index is 12.1. The molecular formula is C16H23ClN2O3. The summed E-state index contributed by atoms with van der Waals surface area (Å²) in [5, 5.41) is 14.0. The van der Waals surface area contributed by atoms with E-state index < -0.39 is 5.60 Å². The second-order valence-electron chi connectivity index (χ2n) is 5.80. The molecule has 2 rings (SSSR count). The average Bonchev–Trinajstić information content (AvgIpc) is 2.47. The molecule has 22 heavy (non-hydrogen) atoms. The Balaban J connectivity index is 1.74. The van der Waals surface area contributed by atoms with E-state index in [9.17, 15) is 9.90 Å². The molecule has 0 aliphatic carbocycles. The highest BCUT2D eigenvalue weighted by molar-refractivity contribution is 6.30. The van der Waals surface area contributed by atoms with Crippen LogP contribution in [-0.4, -0.2) is 55.0 Å². The molecule has 6 heteroatoms. The van der Waals surface area contributed by atoms with E-state index in [-0.39, 0.29) is 6.03 Å². The predicted octanol–water partition coefficient (Wildman–Crippen LogP) is 2.07. The van der Waals surface area contributed by atoms with Gasteiger partial charge >= 0.3 is 6.03 Å². The fourth-order valence-electron chi connectivity index (χ4n) is 2.56. The lowest BCUT2D eigenvalue weighted by Crippen LogP contribution is -2.50. The van der Waals surface area contributed by atoms with Gasteiger partial charge in [0, 0.05) is 44.7 Å². The van der Waals surface area contributed by atoms with E-state index >= 15 is 0 Å². The van der Waals surface area contributed by atoms with Gasteiger partial charge in [-0.05, 0) is 24.1 Å². The molecule has 1 heterocycles. The molecule has 1 aliphatic rings. The quantitative estimate of drug-likeness (QED) is 0.870. The minimum absolute atomic E-state index is 0.179.